The number of aliphatic hydroxyl groups is 4. The minimum Gasteiger partial charge on any atom is -0.394 e. The summed E-state index contributed by atoms with van der Waals surface area (Å²) in [5.74, 6) is -0.223. The molecule has 0 aromatic carbocycles. The summed E-state index contributed by atoms with van der Waals surface area (Å²) < 4.78 is 47.8. The van der Waals surface area contributed by atoms with Crippen LogP contribution in [-0.2, 0) is 28.9 Å². The van der Waals surface area contributed by atoms with Crippen LogP contribution in [0.25, 0.3) is 0 Å². The Morgan fingerprint density at radius 2 is 0.892 bits per heavy atom. The second-order valence-corrected chi connectivity index (χ2v) is 20.6. The molecule has 1 aliphatic heterocycles. The van der Waals surface area contributed by atoms with Crippen molar-refractivity contribution in [3.05, 3.63) is 0 Å². The van der Waals surface area contributed by atoms with Gasteiger partial charge in [0.15, 0.2) is 6.29 Å². The smallest absolute Gasteiger partial charge is 0.394 e. The highest BCUT2D eigenvalue weighted by molar-refractivity contribution is 7.80. The monoisotopic (exact) mass is 950 g/mol. The standard InChI is InChI=1S/C52H103NO11S/c1-3-5-7-9-11-13-15-17-19-21-22-23-24-26-27-29-31-33-35-37-39-41-46(55)45(44-62-52-50(58)51(64-65(59,60)61)49(57)47(43-54)63-52)53-48(56)42-40-38-36-34-32-30-28-25-20-18-16-14-12-10-8-6-4-2/h45-47,49-52,54-55,57-58H,3-44H2,1-2H3,(H,53,56)(H,59,60,61). The number of rotatable bonds is 48. The summed E-state index contributed by atoms with van der Waals surface area (Å²) in [6.45, 7) is 3.49. The quantitative estimate of drug-likeness (QED) is 0.0251. The lowest BCUT2D eigenvalue weighted by molar-refractivity contribution is -0.298. The molecule has 0 aliphatic carbocycles. The molecule has 7 unspecified atom stereocenters. The molecule has 1 rings (SSSR count). The van der Waals surface area contributed by atoms with E-state index in [2.05, 4.69) is 23.3 Å². The molecular formula is C52H103NO11S. The average Bonchev–Trinajstić information content (AvgIpc) is 3.28. The molecule has 1 saturated heterocycles. The van der Waals surface area contributed by atoms with Gasteiger partial charge in [0, 0.05) is 6.42 Å². The van der Waals surface area contributed by atoms with Crippen molar-refractivity contribution in [1.82, 2.24) is 5.32 Å². The predicted molar refractivity (Wildman–Crippen MR) is 264 cm³/mol. The minimum atomic E-state index is -5.08. The van der Waals surface area contributed by atoms with Gasteiger partial charge in [-0.2, -0.15) is 8.42 Å². The third-order valence-electron chi connectivity index (χ3n) is 13.4. The van der Waals surface area contributed by atoms with Crippen molar-refractivity contribution in [3.63, 3.8) is 0 Å². The summed E-state index contributed by atoms with van der Waals surface area (Å²) in [4.78, 5) is 13.1. The van der Waals surface area contributed by atoms with Crippen molar-refractivity contribution < 1.29 is 51.8 Å². The topological polar surface area (TPSA) is 192 Å². The third kappa shape index (κ3) is 35.8. The maximum absolute atomic E-state index is 13.1. The molecule has 0 radical (unpaired) electrons. The number of aliphatic hydroxyl groups excluding tert-OH is 4. The molecular weight excluding hydrogens is 847 g/mol. The van der Waals surface area contributed by atoms with Gasteiger partial charge in [0.25, 0.3) is 0 Å². The normalized spacial score (nSPS) is 20.0. The average molecular weight is 950 g/mol. The third-order valence-corrected chi connectivity index (χ3v) is 13.9. The molecule has 0 spiro atoms. The Labute approximate surface area is 398 Å². The zero-order valence-corrected chi connectivity index (χ0v) is 42.7. The van der Waals surface area contributed by atoms with E-state index in [-0.39, 0.29) is 12.5 Å². The van der Waals surface area contributed by atoms with E-state index in [9.17, 15) is 38.2 Å². The number of ether oxygens (including phenoxy) is 2. The van der Waals surface area contributed by atoms with Gasteiger partial charge in [0.05, 0.1) is 25.4 Å². The van der Waals surface area contributed by atoms with Gasteiger partial charge in [-0.25, -0.2) is 4.18 Å². The second-order valence-electron chi connectivity index (χ2n) is 19.5. The Morgan fingerprint density at radius 1 is 0.554 bits per heavy atom. The molecule has 1 aliphatic rings. The summed E-state index contributed by atoms with van der Waals surface area (Å²) >= 11 is 0. The molecule has 0 aromatic heterocycles. The fraction of sp³-hybridized carbons (Fsp3) is 0.981. The van der Waals surface area contributed by atoms with Crippen LogP contribution < -0.4 is 5.32 Å². The first kappa shape index (κ1) is 62.1. The summed E-state index contributed by atoms with van der Waals surface area (Å²) in [6, 6.07) is -0.852. The first-order chi connectivity index (χ1) is 31.5. The summed E-state index contributed by atoms with van der Waals surface area (Å²) in [6.07, 6.45) is 39.6. The van der Waals surface area contributed by atoms with Crippen LogP contribution in [0.5, 0.6) is 0 Å². The van der Waals surface area contributed by atoms with Crippen LogP contribution in [0.2, 0.25) is 0 Å². The van der Waals surface area contributed by atoms with Crippen molar-refractivity contribution in [2.45, 2.75) is 314 Å². The number of carbonyl (C=O) groups excluding carboxylic acids is 1. The van der Waals surface area contributed by atoms with Gasteiger partial charge >= 0.3 is 10.4 Å². The van der Waals surface area contributed by atoms with Crippen LogP contribution >= 0.6 is 0 Å². The summed E-state index contributed by atoms with van der Waals surface area (Å²) in [7, 11) is -5.08. The van der Waals surface area contributed by atoms with E-state index in [1.54, 1.807) is 0 Å². The fourth-order valence-electron chi connectivity index (χ4n) is 9.17. The van der Waals surface area contributed by atoms with Crippen LogP contribution in [0.1, 0.15) is 271 Å². The highest BCUT2D eigenvalue weighted by atomic mass is 32.3. The molecule has 1 amide bonds. The number of amides is 1. The van der Waals surface area contributed by atoms with Gasteiger partial charge in [-0.3, -0.25) is 9.35 Å². The number of hydrogen-bond donors (Lipinski definition) is 6. The highest BCUT2D eigenvalue weighted by Gasteiger charge is 2.48. The molecule has 6 N–H and O–H groups in total. The van der Waals surface area contributed by atoms with E-state index in [1.807, 2.05) is 0 Å². The van der Waals surface area contributed by atoms with Crippen LogP contribution in [0.3, 0.4) is 0 Å². The van der Waals surface area contributed by atoms with Gasteiger partial charge in [-0.1, -0.05) is 251 Å². The number of hydrogen-bond acceptors (Lipinski definition) is 10. The first-order valence-corrected chi connectivity index (χ1v) is 28.8. The van der Waals surface area contributed by atoms with Gasteiger partial charge in [0.2, 0.25) is 5.91 Å². The van der Waals surface area contributed by atoms with Crippen molar-refractivity contribution in [3.8, 4) is 0 Å². The zero-order valence-electron chi connectivity index (χ0n) is 41.8. The number of carbonyl (C=O) groups is 1. The molecule has 0 aromatic rings. The van der Waals surface area contributed by atoms with Crippen molar-refractivity contribution in [1.29, 1.82) is 0 Å². The lowest BCUT2D eigenvalue weighted by Crippen LogP contribution is -2.61. The van der Waals surface area contributed by atoms with Gasteiger partial charge in [-0.05, 0) is 12.8 Å². The molecule has 1 fully saturated rings. The van der Waals surface area contributed by atoms with Gasteiger partial charge < -0.3 is 35.2 Å². The SMILES string of the molecule is CCCCCCCCCCCCCCCCCCCCCCCC(O)C(COC1OC(CO)C(O)C(OS(=O)(=O)O)C1O)NC(=O)CCCCCCCCCCCCCCCCCCC. The number of unbranched alkanes of at least 4 members (excludes halogenated alkanes) is 36. The van der Waals surface area contributed by atoms with Crippen LogP contribution in [0.4, 0.5) is 0 Å². The molecule has 0 saturated carbocycles. The van der Waals surface area contributed by atoms with E-state index in [1.165, 1.54) is 193 Å². The summed E-state index contributed by atoms with van der Waals surface area (Å²) in [5, 5.41) is 45.1. The summed E-state index contributed by atoms with van der Waals surface area (Å²) in [5.41, 5.74) is 0. The molecule has 13 heteroatoms. The molecule has 388 valence electrons. The Kier molecular flexibility index (Phi) is 41.2. The highest BCUT2D eigenvalue weighted by Crippen LogP contribution is 2.26. The van der Waals surface area contributed by atoms with Gasteiger partial charge in [0.1, 0.15) is 24.4 Å². The first-order valence-electron chi connectivity index (χ1n) is 27.4. The molecule has 65 heavy (non-hydrogen) atoms. The van der Waals surface area contributed by atoms with E-state index in [0.717, 1.165) is 51.4 Å². The van der Waals surface area contributed by atoms with Crippen molar-refractivity contribution >= 4 is 16.3 Å². The van der Waals surface area contributed by atoms with Crippen molar-refractivity contribution in [2.75, 3.05) is 13.2 Å². The Morgan fingerprint density at radius 3 is 1.23 bits per heavy atom. The molecule has 12 nitrogen and oxygen atoms in total. The lowest BCUT2D eigenvalue weighted by Gasteiger charge is -2.41. The lowest BCUT2D eigenvalue weighted by atomic mass is 9.99. The Hall–Kier alpha value is -0.900. The van der Waals surface area contributed by atoms with Crippen molar-refractivity contribution in [2.24, 2.45) is 0 Å². The Bertz CT molecular complexity index is 1160. The molecule has 7 atom stereocenters. The van der Waals surface area contributed by atoms with E-state index >= 15 is 0 Å². The Balaban J connectivity index is 2.38. The second kappa shape index (κ2) is 43.1. The van der Waals surface area contributed by atoms with Crippen LogP contribution in [-0.4, -0.2) is 95.4 Å². The predicted octanol–water partition coefficient (Wildman–Crippen LogP) is 12.1. The largest absolute Gasteiger partial charge is 0.397 e. The van der Waals surface area contributed by atoms with Crippen LogP contribution in [0.15, 0.2) is 0 Å². The fourth-order valence-corrected chi connectivity index (χ4v) is 9.68. The maximum atomic E-state index is 13.1. The van der Waals surface area contributed by atoms with Crippen LogP contribution in [0, 0.1) is 0 Å². The van der Waals surface area contributed by atoms with E-state index < -0.39 is 59.9 Å². The minimum absolute atomic E-state index is 0.223. The van der Waals surface area contributed by atoms with E-state index in [0.29, 0.717) is 12.8 Å². The molecule has 0 bridgehead atoms. The molecule has 1 heterocycles. The van der Waals surface area contributed by atoms with Gasteiger partial charge in [-0.15, -0.1) is 0 Å². The number of nitrogens with one attached hydrogen (secondary N) is 1. The van der Waals surface area contributed by atoms with E-state index in [4.69, 9.17) is 9.47 Å². The zero-order chi connectivity index (χ0) is 47.6. The maximum Gasteiger partial charge on any atom is 0.397 e.